The van der Waals surface area contributed by atoms with Gasteiger partial charge in [0.05, 0.1) is 22.8 Å². The Morgan fingerprint density at radius 3 is 2.62 bits per heavy atom. The molecule has 0 saturated heterocycles. The minimum Gasteiger partial charge on any atom is -0.373 e. The van der Waals surface area contributed by atoms with Crippen molar-refractivity contribution >= 4 is 16.7 Å². The van der Waals surface area contributed by atoms with Crippen molar-refractivity contribution in [3.8, 4) is 0 Å². The molecule has 0 fully saturated rings. The molecule has 0 amide bonds. The van der Waals surface area contributed by atoms with Crippen molar-refractivity contribution in [2.24, 2.45) is 7.05 Å². The third-order valence-corrected chi connectivity index (χ3v) is 3.53. The zero-order valence-electron chi connectivity index (χ0n) is 11.8. The molecule has 0 bridgehead atoms. The molecule has 3 rings (SSSR count). The number of hydrogen-bond donors (Lipinski definition) is 1. The molecular weight excluding hydrogens is 272 g/mol. The molecule has 2 aromatic carbocycles. The number of aromatic nitrogens is 2. The van der Waals surface area contributed by atoms with Crippen LogP contribution in [0.4, 0.5) is 14.5 Å². The van der Waals surface area contributed by atoms with Gasteiger partial charge >= 0.3 is 0 Å². The van der Waals surface area contributed by atoms with E-state index >= 15 is 0 Å². The van der Waals surface area contributed by atoms with Gasteiger partial charge in [0.1, 0.15) is 5.82 Å². The third-order valence-electron chi connectivity index (χ3n) is 3.53. The van der Waals surface area contributed by atoms with Crippen LogP contribution in [0, 0.1) is 11.6 Å². The van der Waals surface area contributed by atoms with Crippen LogP contribution in [0.15, 0.2) is 42.5 Å². The Kier molecular flexibility index (Phi) is 3.33. The van der Waals surface area contributed by atoms with Gasteiger partial charge in [0.2, 0.25) is 0 Å². The maximum atomic E-state index is 13.7. The van der Waals surface area contributed by atoms with E-state index in [2.05, 4.69) is 10.3 Å². The first-order valence-electron chi connectivity index (χ1n) is 6.70. The molecule has 0 saturated carbocycles. The van der Waals surface area contributed by atoms with E-state index < -0.39 is 11.6 Å². The van der Waals surface area contributed by atoms with Gasteiger partial charge in [-0.15, -0.1) is 0 Å². The van der Waals surface area contributed by atoms with Gasteiger partial charge in [-0.2, -0.15) is 0 Å². The standard InChI is InChI=1S/C16H15F2N3/c1-10(19-13-8-5-6-11(17)15(13)18)16-20-12-7-3-4-9-14(12)21(16)2/h3-10,19H,1-2H3. The lowest BCUT2D eigenvalue weighted by Gasteiger charge is -2.15. The highest BCUT2D eigenvalue weighted by atomic mass is 19.2. The van der Waals surface area contributed by atoms with E-state index in [1.54, 1.807) is 0 Å². The van der Waals surface area contributed by atoms with E-state index in [0.29, 0.717) is 0 Å². The van der Waals surface area contributed by atoms with Crippen LogP contribution in [-0.4, -0.2) is 9.55 Å². The Morgan fingerprint density at radius 1 is 1.10 bits per heavy atom. The zero-order chi connectivity index (χ0) is 15.0. The monoisotopic (exact) mass is 287 g/mol. The minimum atomic E-state index is -0.872. The van der Waals surface area contributed by atoms with Gasteiger partial charge in [-0.1, -0.05) is 18.2 Å². The highest BCUT2D eigenvalue weighted by Gasteiger charge is 2.16. The summed E-state index contributed by atoms with van der Waals surface area (Å²) in [7, 11) is 1.91. The van der Waals surface area contributed by atoms with Crippen molar-refractivity contribution in [3.05, 3.63) is 59.9 Å². The second-order valence-corrected chi connectivity index (χ2v) is 4.99. The molecule has 108 valence electrons. The Bertz CT molecular complexity index is 795. The third kappa shape index (κ3) is 2.35. The number of nitrogens with zero attached hydrogens (tertiary/aromatic N) is 2. The molecule has 1 heterocycles. The van der Waals surface area contributed by atoms with Crippen LogP contribution in [0.25, 0.3) is 11.0 Å². The molecule has 0 spiro atoms. The highest BCUT2D eigenvalue weighted by Crippen LogP contribution is 2.24. The first-order chi connectivity index (χ1) is 10.1. The largest absolute Gasteiger partial charge is 0.373 e. The maximum Gasteiger partial charge on any atom is 0.181 e. The van der Waals surface area contributed by atoms with Gasteiger partial charge in [0.15, 0.2) is 11.6 Å². The van der Waals surface area contributed by atoms with Crippen molar-refractivity contribution in [2.75, 3.05) is 5.32 Å². The average molecular weight is 287 g/mol. The lowest BCUT2D eigenvalue weighted by atomic mass is 10.2. The van der Waals surface area contributed by atoms with Gasteiger partial charge < -0.3 is 9.88 Å². The number of hydrogen-bond acceptors (Lipinski definition) is 2. The molecule has 1 atom stereocenters. The summed E-state index contributed by atoms with van der Waals surface area (Å²) in [5.74, 6) is -0.972. The van der Waals surface area contributed by atoms with Gasteiger partial charge in [-0.05, 0) is 31.2 Å². The van der Waals surface area contributed by atoms with Gasteiger partial charge in [-0.25, -0.2) is 13.8 Å². The number of aryl methyl sites for hydroxylation is 1. The molecule has 1 aromatic heterocycles. The van der Waals surface area contributed by atoms with Crippen LogP contribution in [0.2, 0.25) is 0 Å². The number of rotatable bonds is 3. The summed E-state index contributed by atoms with van der Waals surface area (Å²) in [6.45, 7) is 1.87. The van der Waals surface area contributed by atoms with Crippen LogP contribution in [0.1, 0.15) is 18.8 Å². The number of imidazole rings is 1. The fraction of sp³-hybridized carbons (Fsp3) is 0.188. The average Bonchev–Trinajstić information content (AvgIpc) is 2.82. The molecule has 1 unspecified atom stereocenters. The number of halogens is 2. The molecule has 0 radical (unpaired) electrons. The normalized spacial score (nSPS) is 12.6. The van der Waals surface area contributed by atoms with Gasteiger partial charge in [0.25, 0.3) is 0 Å². The maximum absolute atomic E-state index is 13.7. The second-order valence-electron chi connectivity index (χ2n) is 4.99. The summed E-state index contributed by atoms with van der Waals surface area (Å²) < 4.78 is 28.9. The Hall–Kier alpha value is -2.43. The molecule has 0 aliphatic heterocycles. The smallest absolute Gasteiger partial charge is 0.181 e. The Morgan fingerprint density at radius 2 is 1.86 bits per heavy atom. The molecule has 21 heavy (non-hydrogen) atoms. The predicted molar refractivity (Wildman–Crippen MR) is 79.1 cm³/mol. The molecule has 3 aromatic rings. The molecule has 0 aliphatic carbocycles. The van der Waals surface area contributed by atoms with E-state index in [9.17, 15) is 8.78 Å². The van der Waals surface area contributed by atoms with E-state index in [-0.39, 0.29) is 11.7 Å². The highest BCUT2D eigenvalue weighted by molar-refractivity contribution is 5.76. The Labute approximate surface area is 121 Å². The lowest BCUT2D eigenvalue weighted by Crippen LogP contribution is -2.13. The second kappa shape index (κ2) is 5.16. The fourth-order valence-electron chi connectivity index (χ4n) is 2.46. The topological polar surface area (TPSA) is 29.9 Å². The van der Waals surface area contributed by atoms with Crippen molar-refractivity contribution in [3.63, 3.8) is 0 Å². The number of anilines is 1. The molecule has 1 N–H and O–H groups in total. The van der Waals surface area contributed by atoms with Gasteiger partial charge in [0, 0.05) is 7.05 Å². The lowest BCUT2D eigenvalue weighted by molar-refractivity contribution is 0.509. The van der Waals surface area contributed by atoms with E-state index in [1.807, 2.05) is 42.8 Å². The number of nitrogens with one attached hydrogen (secondary N) is 1. The SMILES string of the molecule is CC(Nc1cccc(F)c1F)c1nc2ccccc2n1C. The number of para-hydroxylation sites is 2. The van der Waals surface area contributed by atoms with Crippen molar-refractivity contribution in [2.45, 2.75) is 13.0 Å². The Balaban J connectivity index is 1.95. The van der Waals surface area contributed by atoms with Crippen LogP contribution >= 0.6 is 0 Å². The van der Waals surface area contributed by atoms with E-state index in [1.165, 1.54) is 12.1 Å². The summed E-state index contributed by atoms with van der Waals surface area (Å²) in [5.41, 5.74) is 2.01. The quantitative estimate of drug-likeness (QED) is 0.788. The fourth-order valence-corrected chi connectivity index (χ4v) is 2.46. The van der Waals surface area contributed by atoms with Crippen LogP contribution in [0.3, 0.4) is 0 Å². The molecule has 3 nitrogen and oxygen atoms in total. The van der Waals surface area contributed by atoms with Gasteiger partial charge in [-0.3, -0.25) is 0 Å². The van der Waals surface area contributed by atoms with E-state index in [4.69, 9.17) is 0 Å². The van der Waals surface area contributed by atoms with Crippen LogP contribution in [-0.2, 0) is 7.05 Å². The minimum absolute atomic E-state index is 0.134. The summed E-state index contributed by atoms with van der Waals surface area (Å²) in [5, 5.41) is 2.97. The van der Waals surface area contributed by atoms with Crippen molar-refractivity contribution < 1.29 is 8.78 Å². The van der Waals surface area contributed by atoms with E-state index in [0.717, 1.165) is 22.9 Å². The van der Waals surface area contributed by atoms with Crippen molar-refractivity contribution in [1.29, 1.82) is 0 Å². The number of fused-ring (bicyclic) bond motifs is 1. The van der Waals surface area contributed by atoms with Crippen LogP contribution < -0.4 is 5.32 Å². The molecule has 5 heteroatoms. The molecule has 0 aliphatic rings. The summed E-state index contributed by atoms with van der Waals surface area (Å²) in [6.07, 6.45) is 0. The summed E-state index contributed by atoms with van der Waals surface area (Å²) in [4.78, 5) is 4.54. The zero-order valence-corrected chi connectivity index (χ0v) is 11.8. The first-order valence-corrected chi connectivity index (χ1v) is 6.70. The van der Waals surface area contributed by atoms with Crippen LogP contribution in [0.5, 0.6) is 0 Å². The first kappa shape index (κ1) is 13.5. The number of benzene rings is 2. The molecular formula is C16H15F2N3. The summed E-state index contributed by atoms with van der Waals surface area (Å²) >= 11 is 0. The van der Waals surface area contributed by atoms with Crippen molar-refractivity contribution in [1.82, 2.24) is 9.55 Å². The summed E-state index contributed by atoms with van der Waals surface area (Å²) in [6, 6.07) is 11.6. The predicted octanol–water partition coefficient (Wildman–Crippen LogP) is 4.02.